The largest absolute Gasteiger partial charge is 0.497 e. The Labute approximate surface area is 211 Å². The zero-order chi connectivity index (χ0) is 24.6. The normalized spacial score (nSPS) is 20.7. The molecule has 3 aromatic rings. The van der Waals surface area contributed by atoms with Crippen LogP contribution in [0.3, 0.4) is 0 Å². The Morgan fingerprint density at radius 1 is 1.11 bits per heavy atom. The number of ether oxygens (including phenoxy) is 1. The number of benzene rings is 2. The van der Waals surface area contributed by atoms with Gasteiger partial charge in [0.05, 0.1) is 19.2 Å². The minimum absolute atomic E-state index is 0.0794. The van der Waals surface area contributed by atoms with Gasteiger partial charge in [0.1, 0.15) is 17.0 Å². The van der Waals surface area contributed by atoms with Crippen LogP contribution in [0.1, 0.15) is 55.1 Å². The summed E-state index contributed by atoms with van der Waals surface area (Å²) in [5, 5.41) is 4.93. The van der Waals surface area contributed by atoms with Crippen LogP contribution < -0.4 is 10.1 Å². The highest BCUT2D eigenvalue weighted by Gasteiger charge is 2.48. The molecule has 1 atom stereocenters. The Kier molecular flexibility index (Phi) is 6.49. The van der Waals surface area contributed by atoms with Crippen LogP contribution in [-0.4, -0.2) is 46.5 Å². The number of nitrogens with zero attached hydrogens (tertiary/aromatic N) is 2. The fourth-order valence-corrected chi connectivity index (χ4v) is 5.61. The van der Waals surface area contributed by atoms with Gasteiger partial charge in [0.15, 0.2) is 0 Å². The predicted octanol–water partition coefficient (Wildman–Crippen LogP) is 5.21. The van der Waals surface area contributed by atoms with E-state index >= 15 is 0 Å². The Hall–Kier alpha value is -2.99. The first kappa shape index (κ1) is 23.7. The van der Waals surface area contributed by atoms with E-state index in [1.54, 1.807) is 12.0 Å². The summed E-state index contributed by atoms with van der Waals surface area (Å²) in [5.74, 6) is 0.523. The van der Waals surface area contributed by atoms with E-state index in [-0.39, 0.29) is 17.9 Å². The second-order valence-electron chi connectivity index (χ2n) is 9.96. The lowest BCUT2D eigenvalue weighted by atomic mass is 9.91. The minimum atomic E-state index is -1.01. The lowest BCUT2D eigenvalue weighted by Crippen LogP contribution is -2.65. The molecule has 0 bridgehead atoms. The Morgan fingerprint density at radius 3 is 2.57 bits per heavy atom. The van der Waals surface area contributed by atoms with Crippen molar-refractivity contribution in [3.63, 3.8) is 0 Å². The Bertz CT molecular complexity index is 1250. The van der Waals surface area contributed by atoms with Gasteiger partial charge in [-0.1, -0.05) is 43.0 Å². The fraction of sp³-hybridized carbons (Fsp3) is 0.429. The molecule has 2 aliphatic rings. The van der Waals surface area contributed by atoms with Gasteiger partial charge in [-0.15, -0.1) is 0 Å². The van der Waals surface area contributed by atoms with Gasteiger partial charge < -0.3 is 19.5 Å². The number of carbonyl (C=O) groups excluding carboxylic acids is 2. The Balaban J connectivity index is 1.50. The van der Waals surface area contributed by atoms with Crippen molar-refractivity contribution in [3.05, 3.63) is 64.8 Å². The summed E-state index contributed by atoms with van der Waals surface area (Å²) in [6, 6.07) is 15.5. The smallest absolute Gasteiger partial charge is 0.271 e. The molecule has 2 heterocycles. The number of methoxy groups -OCH3 is 1. The summed E-state index contributed by atoms with van der Waals surface area (Å²) in [6.45, 7) is 2.74. The average molecular weight is 494 g/mol. The number of fused-ring (bicyclic) bond motifs is 3. The number of aromatic nitrogens is 1. The third-order valence-corrected chi connectivity index (χ3v) is 7.86. The van der Waals surface area contributed by atoms with Crippen LogP contribution in [0.5, 0.6) is 5.75 Å². The fourth-order valence-electron chi connectivity index (χ4n) is 5.49. The van der Waals surface area contributed by atoms with Gasteiger partial charge >= 0.3 is 0 Å². The molecule has 1 aliphatic carbocycles. The maximum Gasteiger partial charge on any atom is 0.271 e. The van der Waals surface area contributed by atoms with Crippen LogP contribution in [0.25, 0.3) is 10.9 Å². The molecule has 2 amide bonds. The molecule has 7 heteroatoms. The van der Waals surface area contributed by atoms with Crippen molar-refractivity contribution in [1.29, 1.82) is 0 Å². The predicted molar refractivity (Wildman–Crippen MR) is 138 cm³/mol. The third-order valence-electron chi connectivity index (χ3n) is 7.60. The molecule has 0 radical (unpaired) electrons. The lowest BCUT2D eigenvalue weighted by Gasteiger charge is -2.45. The summed E-state index contributed by atoms with van der Waals surface area (Å²) >= 11 is 6.05. The molecule has 1 fully saturated rings. The van der Waals surface area contributed by atoms with Gasteiger partial charge in [0.2, 0.25) is 5.91 Å². The van der Waals surface area contributed by atoms with E-state index in [0.717, 1.165) is 47.9 Å². The lowest BCUT2D eigenvalue weighted by molar-refractivity contribution is -0.133. The first-order valence-corrected chi connectivity index (χ1v) is 12.8. The molecule has 1 N–H and O–H groups in total. The number of nitrogens with one attached hydrogen (secondary N) is 1. The zero-order valence-electron chi connectivity index (χ0n) is 20.4. The van der Waals surface area contributed by atoms with Gasteiger partial charge in [0.25, 0.3) is 5.91 Å². The van der Waals surface area contributed by atoms with E-state index in [9.17, 15) is 9.59 Å². The summed E-state index contributed by atoms with van der Waals surface area (Å²) in [6.07, 6.45) is 6.12. The average Bonchev–Trinajstić information content (AvgIpc) is 3.23. The van der Waals surface area contributed by atoms with Crippen molar-refractivity contribution < 1.29 is 14.3 Å². The summed E-state index contributed by atoms with van der Waals surface area (Å²) < 4.78 is 7.41. The first-order valence-electron chi connectivity index (χ1n) is 12.4. The van der Waals surface area contributed by atoms with Crippen molar-refractivity contribution >= 4 is 34.3 Å². The minimum Gasteiger partial charge on any atom is -0.497 e. The maximum absolute atomic E-state index is 13.9. The molecule has 6 nitrogen and oxygen atoms in total. The summed E-state index contributed by atoms with van der Waals surface area (Å²) in [5.41, 5.74) is 1.57. The molecule has 1 saturated carbocycles. The molecule has 5 rings (SSSR count). The molecule has 2 aromatic carbocycles. The summed E-state index contributed by atoms with van der Waals surface area (Å²) in [7, 11) is 1.63. The molecule has 0 spiro atoms. The van der Waals surface area contributed by atoms with E-state index in [1.165, 1.54) is 6.42 Å². The van der Waals surface area contributed by atoms with E-state index in [2.05, 4.69) is 5.32 Å². The molecule has 1 aromatic heterocycles. The Morgan fingerprint density at radius 2 is 1.86 bits per heavy atom. The van der Waals surface area contributed by atoms with Gasteiger partial charge in [-0.3, -0.25) is 9.59 Å². The second-order valence-corrected chi connectivity index (χ2v) is 10.4. The standard InChI is InChI=1S/C28H32ClN3O3/c1-28(27(34)30-22-6-4-3-5-7-22)18-31-24-17-23(35-2)13-10-20(24)16-25(31)26(33)32(28)15-14-19-8-11-21(29)12-9-19/h8-13,16-17,22H,3-7,14-15,18H2,1-2H3,(H,30,34)/t28-/m1/s1. The molecular weight excluding hydrogens is 462 g/mol. The van der Waals surface area contributed by atoms with Crippen molar-refractivity contribution in [2.24, 2.45) is 0 Å². The van der Waals surface area contributed by atoms with E-state index < -0.39 is 5.54 Å². The zero-order valence-corrected chi connectivity index (χ0v) is 21.1. The quantitative estimate of drug-likeness (QED) is 0.512. The van der Waals surface area contributed by atoms with Gasteiger partial charge in [-0.05, 0) is 62.1 Å². The molecule has 184 valence electrons. The van der Waals surface area contributed by atoms with E-state index in [4.69, 9.17) is 16.3 Å². The van der Waals surface area contributed by atoms with Gasteiger partial charge in [0, 0.05) is 29.1 Å². The molecule has 1 aliphatic heterocycles. The highest BCUT2D eigenvalue weighted by atomic mass is 35.5. The first-order chi connectivity index (χ1) is 16.9. The monoisotopic (exact) mass is 493 g/mol. The molecule has 0 saturated heterocycles. The van der Waals surface area contributed by atoms with Crippen LogP contribution in [0.15, 0.2) is 48.5 Å². The number of hydrogen-bond acceptors (Lipinski definition) is 3. The van der Waals surface area contributed by atoms with Crippen molar-refractivity contribution in [2.75, 3.05) is 13.7 Å². The highest BCUT2D eigenvalue weighted by molar-refractivity contribution is 6.30. The van der Waals surface area contributed by atoms with Crippen LogP contribution in [0.4, 0.5) is 0 Å². The maximum atomic E-state index is 13.9. The van der Waals surface area contributed by atoms with Crippen molar-refractivity contribution in [1.82, 2.24) is 14.8 Å². The molecule has 35 heavy (non-hydrogen) atoms. The van der Waals surface area contributed by atoms with E-state index in [1.807, 2.05) is 60.0 Å². The highest BCUT2D eigenvalue weighted by Crippen LogP contribution is 2.34. The van der Waals surface area contributed by atoms with Crippen LogP contribution in [-0.2, 0) is 17.8 Å². The van der Waals surface area contributed by atoms with Crippen LogP contribution in [0, 0.1) is 0 Å². The van der Waals surface area contributed by atoms with E-state index in [0.29, 0.717) is 30.2 Å². The number of hydrogen-bond donors (Lipinski definition) is 1. The van der Waals surface area contributed by atoms with Crippen molar-refractivity contribution in [2.45, 2.75) is 63.6 Å². The second kappa shape index (κ2) is 9.57. The molecule has 0 unspecified atom stereocenters. The number of halogens is 1. The van der Waals surface area contributed by atoms with Crippen LogP contribution in [0.2, 0.25) is 5.02 Å². The van der Waals surface area contributed by atoms with Crippen molar-refractivity contribution in [3.8, 4) is 5.75 Å². The molecular formula is C28H32ClN3O3. The number of amides is 2. The third kappa shape index (κ3) is 4.52. The topological polar surface area (TPSA) is 63.6 Å². The summed E-state index contributed by atoms with van der Waals surface area (Å²) in [4.78, 5) is 29.5. The SMILES string of the molecule is COc1ccc2cc3n(c2c1)C[C@](C)(C(=O)NC1CCCCC1)N(CCc1ccc(Cl)cc1)C3=O. The van der Waals surface area contributed by atoms with Crippen LogP contribution >= 0.6 is 11.6 Å². The van der Waals surface area contributed by atoms with Gasteiger partial charge in [-0.25, -0.2) is 0 Å². The number of carbonyl (C=O) groups is 2. The number of rotatable bonds is 6. The van der Waals surface area contributed by atoms with Gasteiger partial charge in [-0.2, -0.15) is 0 Å².